The van der Waals surface area contributed by atoms with Gasteiger partial charge in [-0.15, -0.1) is 0 Å². The third-order valence-electron chi connectivity index (χ3n) is 3.39. The Morgan fingerprint density at radius 2 is 1.71 bits per heavy atom. The molecule has 2 heteroatoms. The molecule has 0 fully saturated rings. The van der Waals surface area contributed by atoms with Crippen molar-refractivity contribution >= 4 is 16.5 Å². The lowest BCUT2D eigenvalue weighted by Gasteiger charge is -2.12. The van der Waals surface area contributed by atoms with Gasteiger partial charge in [-0.1, -0.05) is 61.2 Å². The Bertz CT molecular complexity index is 842. The van der Waals surface area contributed by atoms with Crippen LogP contribution in [0.25, 0.3) is 26.7 Å². The topological polar surface area (TPSA) is 13.6 Å². The van der Waals surface area contributed by atoms with Crippen molar-refractivity contribution in [3.05, 3.63) is 84.9 Å². The summed E-state index contributed by atoms with van der Waals surface area (Å²) in [5, 5.41) is 2.27. The molecule has 0 saturated heterocycles. The van der Waals surface area contributed by atoms with Gasteiger partial charge in [0.2, 0.25) is 0 Å². The summed E-state index contributed by atoms with van der Waals surface area (Å²) in [6.45, 7) is 10.7. The zero-order chi connectivity index (χ0) is 14.7. The molecule has 0 aliphatic rings. The smallest absolute Gasteiger partial charge is 0.187 e. The Morgan fingerprint density at radius 3 is 2.43 bits per heavy atom. The molecule has 2 nitrogen and oxygen atoms in total. The van der Waals surface area contributed by atoms with Gasteiger partial charge in [-0.05, 0) is 22.4 Å². The van der Waals surface area contributed by atoms with Crippen molar-refractivity contribution in [1.29, 1.82) is 0 Å². The SMILES string of the molecule is [C-]#[N+]c1ccc(-c2c(OC=C)ccc3ccccc23)cc1. The van der Waals surface area contributed by atoms with Crippen LogP contribution in [0.1, 0.15) is 0 Å². The summed E-state index contributed by atoms with van der Waals surface area (Å²) in [7, 11) is 0. The quantitative estimate of drug-likeness (QED) is 0.448. The van der Waals surface area contributed by atoms with Gasteiger partial charge in [-0.25, -0.2) is 4.85 Å². The van der Waals surface area contributed by atoms with Gasteiger partial charge < -0.3 is 4.74 Å². The van der Waals surface area contributed by atoms with E-state index in [1.807, 2.05) is 48.5 Å². The Morgan fingerprint density at radius 1 is 0.952 bits per heavy atom. The highest BCUT2D eigenvalue weighted by Gasteiger charge is 2.10. The van der Waals surface area contributed by atoms with Crippen molar-refractivity contribution in [2.75, 3.05) is 0 Å². The van der Waals surface area contributed by atoms with Gasteiger partial charge in [-0.3, -0.25) is 0 Å². The van der Waals surface area contributed by atoms with Gasteiger partial charge in [0.1, 0.15) is 5.75 Å². The van der Waals surface area contributed by atoms with Crippen molar-refractivity contribution in [1.82, 2.24) is 0 Å². The number of hydrogen-bond acceptors (Lipinski definition) is 1. The van der Waals surface area contributed by atoms with E-state index in [0.29, 0.717) is 5.69 Å². The fourth-order valence-electron chi connectivity index (χ4n) is 2.44. The van der Waals surface area contributed by atoms with E-state index >= 15 is 0 Å². The lowest BCUT2D eigenvalue weighted by molar-refractivity contribution is 0.486. The molecule has 0 saturated carbocycles. The Hall–Kier alpha value is -3.05. The molecule has 0 spiro atoms. The number of nitrogens with zero attached hydrogens (tertiary/aromatic N) is 1. The predicted molar refractivity (Wildman–Crippen MR) is 86.5 cm³/mol. The average molecular weight is 271 g/mol. The fraction of sp³-hybridized carbons (Fsp3) is 0. The average Bonchev–Trinajstić information content (AvgIpc) is 2.55. The van der Waals surface area contributed by atoms with Crippen LogP contribution in [0.5, 0.6) is 5.75 Å². The fourth-order valence-corrected chi connectivity index (χ4v) is 2.44. The highest BCUT2D eigenvalue weighted by atomic mass is 16.5. The minimum absolute atomic E-state index is 0.630. The van der Waals surface area contributed by atoms with Crippen LogP contribution in [0.3, 0.4) is 0 Å². The van der Waals surface area contributed by atoms with Gasteiger partial charge in [0.05, 0.1) is 12.8 Å². The summed E-state index contributed by atoms with van der Waals surface area (Å²) in [6, 6.07) is 19.7. The molecule has 3 rings (SSSR count). The van der Waals surface area contributed by atoms with E-state index in [9.17, 15) is 0 Å². The lowest BCUT2D eigenvalue weighted by Crippen LogP contribution is -1.88. The van der Waals surface area contributed by atoms with E-state index in [0.717, 1.165) is 27.6 Å². The molecule has 0 aliphatic carbocycles. The number of benzene rings is 3. The van der Waals surface area contributed by atoms with E-state index in [1.165, 1.54) is 6.26 Å². The van der Waals surface area contributed by atoms with E-state index in [2.05, 4.69) is 23.6 Å². The Kier molecular flexibility index (Phi) is 3.41. The molecule has 3 aromatic rings. The molecule has 21 heavy (non-hydrogen) atoms. The molecule has 0 radical (unpaired) electrons. The number of ether oxygens (including phenoxy) is 1. The summed E-state index contributed by atoms with van der Waals surface area (Å²) >= 11 is 0. The number of fused-ring (bicyclic) bond motifs is 1. The molecule has 0 bridgehead atoms. The first kappa shape index (κ1) is 13.0. The van der Waals surface area contributed by atoms with Crippen LogP contribution in [0.4, 0.5) is 5.69 Å². The minimum Gasteiger partial charge on any atom is -0.465 e. The molecule has 100 valence electrons. The van der Waals surface area contributed by atoms with E-state index in [1.54, 1.807) is 0 Å². The molecule has 0 heterocycles. The number of rotatable bonds is 3. The highest BCUT2D eigenvalue weighted by Crippen LogP contribution is 2.37. The van der Waals surface area contributed by atoms with Crippen LogP contribution in [0.2, 0.25) is 0 Å². The third kappa shape index (κ3) is 2.37. The van der Waals surface area contributed by atoms with Crippen molar-refractivity contribution in [2.24, 2.45) is 0 Å². The first-order valence-corrected chi connectivity index (χ1v) is 6.60. The van der Waals surface area contributed by atoms with Crippen LogP contribution >= 0.6 is 0 Å². The van der Waals surface area contributed by atoms with Crippen molar-refractivity contribution in [2.45, 2.75) is 0 Å². The summed E-state index contributed by atoms with van der Waals surface area (Å²) < 4.78 is 5.56. The first-order valence-electron chi connectivity index (χ1n) is 6.60. The van der Waals surface area contributed by atoms with Gasteiger partial charge >= 0.3 is 0 Å². The first-order chi connectivity index (χ1) is 10.3. The monoisotopic (exact) mass is 271 g/mol. The highest BCUT2D eigenvalue weighted by molar-refractivity contribution is 5.99. The summed E-state index contributed by atoms with van der Waals surface area (Å²) in [4.78, 5) is 3.43. The molecular formula is C19H13NO. The molecular weight excluding hydrogens is 258 g/mol. The van der Waals surface area contributed by atoms with Gasteiger partial charge in [0.15, 0.2) is 5.69 Å². The molecule has 0 aliphatic heterocycles. The maximum Gasteiger partial charge on any atom is 0.187 e. The maximum atomic E-state index is 7.05. The predicted octanol–water partition coefficient (Wildman–Crippen LogP) is 5.58. The number of hydrogen-bond donors (Lipinski definition) is 0. The van der Waals surface area contributed by atoms with Crippen LogP contribution in [-0.4, -0.2) is 0 Å². The molecule has 0 aromatic heterocycles. The zero-order valence-electron chi connectivity index (χ0n) is 11.4. The molecule has 0 atom stereocenters. The van der Waals surface area contributed by atoms with Crippen LogP contribution in [0, 0.1) is 6.57 Å². The van der Waals surface area contributed by atoms with E-state index < -0.39 is 0 Å². The minimum atomic E-state index is 0.630. The molecule has 0 N–H and O–H groups in total. The second-order valence-electron chi connectivity index (χ2n) is 4.60. The summed E-state index contributed by atoms with van der Waals surface area (Å²) in [6.07, 6.45) is 1.43. The molecule has 0 amide bonds. The van der Waals surface area contributed by atoms with Crippen LogP contribution < -0.4 is 4.74 Å². The van der Waals surface area contributed by atoms with E-state index in [-0.39, 0.29) is 0 Å². The summed E-state index contributed by atoms with van der Waals surface area (Å²) in [5.74, 6) is 0.763. The normalized spacial score (nSPS) is 10.0. The standard InChI is InChI=1S/C19H13NO/c1-3-21-18-13-10-14-6-4-5-7-17(14)19(18)15-8-11-16(20-2)12-9-15/h3-13H,1H2. The summed E-state index contributed by atoms with van der Waals surface area (Å²) in [5.41, 5.74) is 2.67. The largest absolute Gasteiger partial charge is 0.465 e. The van der Waals surface area contributed by atoms with Gasteiger partial charge in [-0.2, -0.15) is 0 Å². The maximum absolute atomic E-state index is 7.05. The zero-order valence-corrected chi connectivity index (χ0v) is 11.4. The Balaban J connectivity index is 2.28. The van der Waals surface area contributed by atoms with Crippen LogP contribution in [-0.2, 0) is 0 Å². The van der Waals surface area contributed by atoms with Crippen LogP contribution in [0.15, 0.2) is 73.5 Å². The van der Waals surface area contributed by atoms with Gasteiger partial charge in [0, 0.05) is 5.56 Å². The van der Waals surface area contributed by atoms with E-state index in [4.69, 9.17) is 11.3 Å². The second-order valence-corrected chi connectivity index (χ2v) is 4.60. The molecule has 3 aromatic carbocycles. The van der Waals surface area contributed by atoms with Gasteiger partial charge in [0.25, 0.3) is 0 Å². The van der Waals surface area contributed by atoms with Crippen molar-refractivity contribution in [3.63, 3.8) is 0 Å². The molecule has 0 unspecified atom stereocenters. The lowest BCUT2D eigenvalue weighted by atomic mass is 9.97. The van der Waals surface area contributed by atoms with Crippen molar-refractivity contribution in [3.8, 4) is 16.9 Å². The third-order valence-corrected chi connectivity index (χ3v) is 3.39. The van der Waals surface area contributed by atoms with Crippen molar-refractivity contribution < 1.29 is 4.74 Å². The second kappa shape index (κ2) is 5.52. The Labute approximate surface area is 123 Å².